The van der Waals surface area contributed by atoms with Crippen LogP contribution >= 0.6 is 0 Å². The van der Waals surface area contributed by atoms with E-state index < -0.39 is 5.97 Å². The van der Waals surface area contributed by atoms with Gasteiger partial charge < -0.3 is 10.0 Å². The molecule has 0 aliphatic heterocycles. The molecule has 2 rings (SSSR count). The molecule has 0 unspecified atom stereocenters. The molecule has 1 amide bonds. The van der Waals surface area contributed by atoms with Crippen LogP contribution in [-0.2, 0) is 6.54 Å². The number of carboxylic acids is 1. The second-order valence-electron chi connectivity index (χ2n) is 4.53. The zero-order chi connectivity index (χ0) is 15.2. The Bertz CT molecular complexity index is 641. The lowest BCUT2D eigenvalue weighted by Crippen LogP contribution is -2.30. The molecule has 0 saturated heterocycles. The molecular weight excluding hydrogens is 268 g/mol. The van der Waals surface area contributed by atoms with Crippen molar-refractivity contribution in [1.82, 2.24) is 9.88 Å². The normalized spacial score (nSPS) is 10.1. The van der Waals surface area contributed by atoms with Gasteiger partial charge in [0.15, 0.2) is 0 Å². The van der Waals surface area contributed by atoms with Crippen molar-refractivity contribution < 1.29 is 14.7 Å². The summed E-state index contributed by atoms with van der Waals surface area (Å²) in [6, 6.07) is 11.6. The Balaban J connectivity index is 2.20. The Morgan fingerprint density at radius 3 is 2.52 bits per heavy atom. The second kappa shape index (κ2) is 6.65. The molecule has 108 valence electrons. The number of carboxylic acid groups (broad SMARTS) is 1. The summed E-state index contributed by atoms with van der Waals surface area (Å²) in [5, 5.41) is 8.99. The van der Waals surface area contributed by atoms with Crippen LogP contribution in [0.1, 0.15) is 33.3 Å². The molecule has 1 aromatic heterocycles. The van der Waals surface area contributed by atoms with E-state index in [1.54, 1.807) is 23.2 Å². The van der Waals surface area contributed by atoms with Crippen molar-refractivity contribution in [3.8, 4) is 0 Å². The van der Waals surface area contributed by atoms with Crippen molar-refractivity contribution in [3.05, 3.63) is 65.5 Å². The molecule has 0 radical (unpaired) electrons. The van der Waals surface area contributed by atoms with Gasteiger partial charge in [-0.1, -0.05) is 12.1 Å². The van der Waals surface area contributed by atoms with Crippen molar-refractivity contribution in [1.29, 1.82) is 0 Å². The molecule has 5 nitrogen and oxygen atoms in total. The summed E-state index contributed by atoms with van der Waals surface area (Å²) in [5.41, 5.74) is 1.27. The van der Waals surface area contributed by atoms with Crippen LogP contribution in [0.25, 0.3) is 0 Å². The summed E-state index contributed by atoms with van der Waals surface area (Å²) in [7, 11) is 0. The molecule has 0 fully saturated rings. The van der Waals surface area contributed by atoms with Crippen molar-refractivity contribution in [2.75, 3.05) is 6.54 Å². The molecular formula is C16H16N2O3. The third-order valence-electron chi connectivity index (χ3n) is 3.10. The van der Waals surface area contributed by atoms with Crippen molar-refractivity contribution in [3.63, 3.8) is 0 Å². The van der Waals surface area contributed by atoms with Gasteiger partial charge in [0.05, 0.1) is 17.8 Å². The lowest BCUT2D eigenvalue weighted by atomic mass is 10.1. The Hall–Kier alpha value is -2.69. The van der Waals surface area contributed by atoms with Crippen molar-refractivity contribution in [2.24, 2.45) is 0 Å². The summed E-state index contributed by atoms with van der Waals surface area (Å²) in [6.45, 7) is 2.79. The van der Waals surface area contributed by atoms with Crippen LogP contribution in [0.4, 0.5) is 0 Å². The Morgan fingerprint density at radius 1 is 1.14 bits per heavy atom. The number of aromatic carboxylic acids is 1. The minimum Gasteiger partial charge on any atom is -0.478 e. The standard InChI is InChI=1S/C16H16N2O3/c1-2-18(11-14-8-3-4-9-17-14)15(19)12-6-5-7-13(10-12)16(20)21/h3-10H,2,11H2,1H3,(H,20,21). The Labute approximate surface area is 122 Å². The third kappa shape index (κ3) is 3.66. The quantitative estimate of drug-likeness (QED) is 0.915. The fraction of sp³-hybridized carbons (Fsp3) is 0.188. The van der Waals surface area contributed by atoms with Crippen LogP contribution in [0.15, 0.2) is 48.7 Å². The van der Waals surface area contributed by atoms with Gasteiger partial charge in [0.2, 0.25) is 0 Å². The lowest BCUT2D eigenvalue weighted by Gasteiger charge is -2.20. The second-order valence-corrected chi connectivity index (χ2v) is 4.53. The number of amides is 1. The number of carbonyl (C=O) groups is 2. The van der Waals surface area contributed by atoms with Crippen LogP contribution < -0.4 is 0 Å². The maximum Gasteiger partial charge on any atom is 0.335 e. The van der Waals surface area contributed by atoms with Gasteiger partial charge in [0.1, 0.15) is 0 Å². The molecule has 1 aromatic carbocycles. The van der Waals surface area contributed by atoms with Crippen LogP contribution in [0.2, 0.25) is 0 Å². The van der Waals surface area contributed by atoms with Crippen LogP contribution in [0, 0.1) is 0 Å². The van der Waals surface area contributed by atoms with E-state index in [0.717, 1.165) is 5.69 Å². The summed E-state index contributed by atoms with van der Waals surface area (Å²) in [5.74, 6) is -1.25. The van der Waals surface area contributed by atoms with E-state index in [2.05, 4.69) is 4.98 Å². The van der Waals surface area contributed by atoms with E-state index in [9.17, 15) is 9.59 Å². The van der Waals surface area contributed by atoms with E-state index in [1.807, 2.05) is 25.1 Å². The van der Waals surface area contributed by atoms with Crippen molar-refractivity contribution >= 4 is 11.9 Å². The summed E-state index contributed by atoms with van der Waals surface area (Å²) < 4.78 is 0. The predicted molar refractivity (Wildman–Crippen MR) is 78.1 cm³/mol. The monoisotopic (exact) mass is 284 g/mol. The van der Waals surface area contributed by atoms with Gasteiger partial charge in [-0.15, -0.1) is 0 Å². The number of pyridine rings is 1. The summed E-state index contributed by atoms with van der Waals surface area (Å²) in [4.78, 5) is 29.3. The Morgan fingerprint density at radius 2 is 1.90 bits per heavy atom. The number of aromatic nitrogens is 1. The molecule has 5 heteroatoms. The van der Waals surface area contributed by atoms with Gasteiger partial charge in [-0.25, -0.2) is 4.79 Å². The average molecular weight is 284 g/mol. The molecule has 1 N–H and O–H groups in total. The first-order valence-electron chi connectivity index (χ1n) is 6.64. The highest BCUT2D eigenvalue weighted by Gasteiger charge is 2.16. The lowest BCUT2D eigenvalue weighted by molar-refractivity contribution is 0.0697. The molecule has 2 aromatic rings. The first-order valence-corrected chi connectivity index (χ1v) is 6.64. The number of rotatable bonds is 5. The maximum atomic E-state index is 12.5. The summed E-state index contributed by atoms with van der Waals surface area (Å²) >= 11 is 0. The van der Waals surface area contributed by atoms with Crippen LogP contribution in [0.5, 0.6) is 0 Å². The van der Waals surface area contributed by atoms with Gasteiger partial charge in [0.25, 0.3) is 5.91 Å². The minimum atomic E-state index is -1.04. The van der Waals surface area contributed by atoms with Gasteiger partial charge in [-0.05, 0) is 37.3 Å². The third-order valence-corrected chi connectivity index (χ3v) is 3.10. The topological polar surface area (TPSA) is 70.5 Å². The fourth-order valence-corrected chi connectivity index (χ4v) is 1.98. The maximum absolute atomic E-state index is 12.5. The molecule has 0 atom stereocenters. The van der Waals surface area contributed by atoms with E-state index >= 15 is 0 Å². The smallest absolute Gasteiger partial charge is 0.335 e. The predicted octanol–water partition coefficient (Wildman–Crippen LogP) is 2.44. The SMILES string of the molecule is CCN(Cc1ccccn1)C(=O)c1cccc(C(=O)O)c1. The average Bonchev–Trinajstić information content (AvgIpc) is 2.53. The number of carbonyl (C=O) groups excluding carboxylic acids is 1. The molecule has 0 saturated carbocycles. The first-order chi connectivity index (χ1) is 10.1. The van der Waals surface area contributed by atoms with Gasteiger partial charge >= 0.3 is 5.97 Å². The largest absolute Gasteiger partial charge is 0.478 e. The van der Waals surface area contributed by atoms with E-state index in [1.165, 1.54) is 12.1 Å². The fourth-order valence-electron chi connectivity index (χ4n) is 1.98. The highest BCUT2D eigenvalue weighted by atomic mass is 16.4. The zero-order valence-electron chi connectivity index (χ0n) is 11.7. The molecule has 0 spiro atoms. The van der Waals surface area contributed by atoms with Gasteiger partial charge in [0, 0.05) is 18.3 Å². The number of hydrogen-bond donors (Lipinski definition) is 1. The molecule has 1 heterocycles. The van der Waals surface area contributed by atoms with E-state index in [-0.39, 0.29) is 11.5 Å². The van der Waals surface area contributed by atoms with E-state index in [0.29, 0.717) is 18.7 Å². The summed E-state index contributed by atoms with van der Waals surface area (Å²) in [6.07, 6.45) is 1.68. The molecule has 21 heavy (non-hydrogen) atoms. The number of nitrogens with zero attached hydrogens (tertiary/aromatic N) is 2. The highest BCUT2D eigenvalue weighted by molar-refractivity contribution is 5.97. The minimum absolute atomic E-state index is 0.106. The number of benzene rings is 1. The zero-order valence-corrected chi connectivity index (χ0v) is 11.7. The van der Waals surface area contributed by atoms with Crippen LogP contribution in [-0.4, -0.2) is 33.4 Å². The first kappa shape index (κ1) is 14.7. The number of hydrogen-bond acceptors (Lipinski definition) is 3. The molecule has 0 aliphatic rings. The van der Waals surface area contributed by atoms with E-state index in [4.69, 9.17) is 5.11 Å². The molecule has 0 aliphatic carbocycles. The van der Waals surface area contributed by atoms with Crippen molar-refractivity contribution in [2.45, 2.75) is 13.5 Å². The van der Waals surface area contributed by atoms with Gasteiger partial charge in [-0.2, -0.15) is 0 Å². The highest BCUT2D eigenvalue weighted by Crippen LogP contribution is 2.11. The van der Waals surface area contributed by atoms with Crippen LogP contribution in [0.3, 0.4) is 0 Å². The Kier molecular flexibility index (Phi) is 4.66. The molecule has 0 bridgehead atoms. The van der Waals surface area contributed by atoms with Gasteiger partial charge in [-0.3, -0.25) is 9.78 Å².